The van der Waals surface area contributed by atoms with Crippen LogP contribution in [-0.4, -0.2) is 41.3 Å². The van der Waals surface area contributed by atoms with Crippen molar-refractivity contribution in [2.24, 2.45) is 5.41 Å². The highest BCUT2D eigenvalue weighted by molar-refractivity contribution is 5.71. The molecule has 1 saturated heterocycles. The van der Waals surface area contributed by atoms with Crippen LogP contribution >= 0.6 is 0 Å². The van der Waals surface area contributed by atoms with Crippen molar-refractivity contribution >= 4 is 11.8 Å². The van der Waals surface area contributed by atoms with Crippen molar-refractivity contribution in [1.29, 1.82) is 0 Å². The molecule has 0 spiro atoms. The number of para-hydroxylation sites is 1. The number of fused-ring (bicyclic) bond motifs is 3. The second kappa shape index (κ2) is 4.89. The summed E-state index contributed by atoms with van der Waals surface area (Å²) in [7, 11) is 0. The van der Waals surface area contributed by atoms with Crippen LogP contribution in [0.5, 0.6) is 0 Å². The van der Waals surface area contributed by atoms with E-state index in [0.29, 0.717) is 31.1 Å². The predicted molar refractivity (Wildman–Crippen MR) is 91.2 cm³/mol. The first-order chi connectivity index (χ1) is 10.9. The van der Waals surface area contributed by atoms with E-state index in [-0.39, 0.29) is 5.41 Å². The monoisotopic (exact) mass is 314 g/mol. The molecule has 3 atom stereocenters. The average molecular weight is 314 g/mol. The first-order valence-electron chi connectivity index (χ1n) is 8.76. The van der Waals surface area contributed by atoms with Crippen LogP contribution in [0.25, 0.3) is 0 Å². The summed E-state index contributed by atoms with van der Waals surface area (Å²) in [6.45, 7) is 8.32. The Bertz CT molecular complexity index is 649. The van der Waals surface area contributed by atoms with Gasteiger partial charge in [-0.05, 0) is 35.8 Å². The molecule has 1 aromatic carbocycles. The first kappa shape index (κ1) is 14.9. The number of anilines is 1. The van der Waals surface area contributed by atoms with Crippen LogP contribution in [0.15, 0.2) is 18.2 Å². The van der Waals surface area contributed by atoms with Crippen LogP contribution in [0.3, 0.4) is 0 Å². The van der Waals surface area contributed by atoms with Crippen LogP contribution in [0, 0.1) is 5.41 Å². The molecule has 0 aliphatic carbocycles. The molecular weight excluding hydrogens is 288 g/mol. The Labute approximate surface area is 138 Å². The molecule has 1 amide bonds. The number of nitrogens with zero attached hydrogens (tertiary/aromatic N) is 2. The third kappa shape index (κ3) is 2.14. The summed E-state index contributed by atoms with van der Waals surface area (Å²) in [5, 5.41) is 9.39. The summed E-state index contributed by atoms with van der Waals surface area (Å²) >= 11 is 0. The molecule has 0 radical (unpaired) electrons. The summed E-state index contributed by atoms with van der Waals surface area (Å²) in [5.41, 5.74) is 4.51. The van der Waals surface area contributed by atoms with Gasteiger partial charge in [0.05, 0.1) is 0 Å². The van der Waals surface area contributed by atoms with Crippen molar-refractivity contribution in [3.05, 3.63) is 29.3 Å². The second-order valence-electron chi connectivity index (χ2n) is 8.37. The van der Waals surface area contributed by atoms with E-state index in [1.54, 1.807) is 4.90 Å². The third-order valence-corrected chi connectivity index (χ3v) is 6.04. The Balaban J connectivity index is 1.79. The van der Waals surface area contributed by atoms with Crippen LogP contribution in [0.2, 0.25) is 0 Å². The quantitative estimate of drug-likeness (QED) is 0.794. The van der Waals surface area contributed by atoms with E-state index in [0.717, 1.165) is 12.8 Å². The van der Waals surface area contributed by atoms with E-state index >= 15 is 0 Å². The Hall–Kier alpha value is -1.71. The molecule has 0 bridgehead atoms. The Morgan fingerprint density at radius 3 is 2.74 bits per heavy atom. The molecule has 124 valence electrons. The minimum absolute atomic E-state index is 0.240. The normalized spacial score (nSPS) is 29.3. The zero-order chi connectivity index (χ0) is 16.4. The zero-order valence-electron chi connectivity index (χ0n) is 14.2. The van der Waals surface area contributed by atoms with Gasteiger partial charge in [-0.25, -0.2) is 4.79 Å². The maximum absolute atomic E-state index is 11.4. The van der Waals surface area contributed by atoms with Crippen LogP contribution in [0.4, 0.5) is 10.5 Å². The minimum Gasteiger partial charge on any atom is -0.465 e. The Morgan fingerprint density at radius 2 is 2.04 bits per heavy atom. The van der Waals surface area contributed by atoms with Crippen LogP contribution in [-0.2, 0) is 6.42 Å². The highest BCUT2D eigenvalue weighted by Crippen LogP contribution is 2.52. The molecule has 4 nitrogen and oxygen atoms in total. The van der Waals surface area contributed by atoms with Gasteiger partial charge in [0.15, 0.2) is 0 Å². The van der Waals surface area contributed by atoms with Crippen molar-refractivity contribution in [3.63, 3.8) is 0 Å². The molecule has 4 rings (SSSR count). The first-order valence-corrected chi connectivity index (χ1v) is 8.76. The van der Waals surface area contributed by atoms with Crippen molar-refractivity contribution in [3.8, 4) is 0 Å². The minimum atomic E-state index is -0.776. The second-order valence-corrected chi connectivity index (χ2v) is 8.37. The van der Waals surface area contributed by atoms with Gasteiger partial charge in [-0.2, -0.15) is 0 Å². The summed E-state index contributed by atoms with van der Waals surface area (Å²) < 4.78 is 0. The van der Waals surface area contributed by atoms with Gasteiger partial charge in [-0.1, -0.05) is 39.0 Å². The van der Waals surface area contributed by atoms with Crippen molar-refractivity contribution in [1.82, 2.24) is 4.90 Å². The topological polar surface area (TPSA) is 43.8 Å². The summed E-state index contributed by atoms with van der Waals surface area (Å²) in [6.07, 6.45) is 2.51. The van der Waals surface area contributed by atoms with E-state index in [1.807, 2.05) is 0 Å². The summed E-state index contributed by atoms with van der Waals surface area (Å²) in [6, 6.07) is 7.66. The average Bonchev–Trinajstić information content (AvgIpc) is 2.83. The lowest BCUT2D eigenvalue weighted by Gasteiger charge is -2.48. The molecule has 0 aromatic heterocycles. The molecule has 3 heterocycles. The standard InChI is InChI=1S/C19H26N2O2/c1-19(2,3)16-8-7-12-5-4-6-13-14-11-20(18(22)23)10-9-15(14)21(16)17(12)13/h4-6,14-16H,7-11H2,1-3H3,(H,22,23)/t14-,15-,16?/m0/s1. The largest absolute Gasteiger partial charge is 0.465 e. The number of benzene rings is 1. The van der Waals surface area contributed by atoms with Gasteiger partial charge in [-0.15, -0.1) is 0 Å². The molecule has 1 aromatic rings. The number of aryl methyl sites for hydroxylation is 1. The fraction of sp³-hybridized carbons (Fsp3) is 0.632. The Morgan fingerprint density at radius 1 is 1.26 bits per heavy atom. The van der Waals surface area contributed by atoms with Gasteiger partial charge in [0.2, 0.25) is 0 Å². The zero-order valence-corrected chi connectivity index (χ0v) is 14.2. The van der Waals surface area contributed by atoms with Gasteiger partial charge >= 0.3 is 6.09 Å². The third-order valence-electron chi connectivity index (χ3n) is 6.04. The number of likely N-dealkylation sites (tertiary alicyclic amines) is 1. The number of carbonyl (C=O) groups is 1. The number of piperidine rings is 1. The maximum atomic E-state index is 11.4. The molecule has 3 aliphatic rings. The summed E-state index contributed by atoms with van der Waals surface area (Å²) in [4.78, 5) is 15.7. The molecule has 1 fully saturated rings. The molecule has 1 N–H and O–H groups in total. The van der Waals surface area contributed by atoms with E-state index in [4.69, 9.17) is 0 Å². The van der Waals surface area contributed by atoms with E-state index < -0.39 is 6.09 Å². The van der Waals surface area contributed by atoms with Gasteiger partial charge in [0.1, 0.15) is 0 Å². The maximum Gasteiger partial charge on any atom is 0.407 e. The molecule has 23 heavy (non-hydrogen) atoms. The van der Waals surface area contributed by atoms with Crippen LogP contribution < -0.4 is 4.90 Å². The van der Waals surface area contributed by atoms with Crippen LogP contribution in [0.1, 0.15) is 50.7 Å². The van der Waals surface area contributed by atoms with Gasteiger partial charge < -0.3 is 14.9 Å². The highest BCUT2D eigenvalue weighted by Gasteiger charge is 2.49. The van der Waals surface area contributed by atoms with E-state index in [1.165, 1.54) is 23.2 Å². The smallest absolute Gasteiger partial charge is 0.407 e. The molecule has 0 saturated carbocycles. The molecule has 1 unspecified atom stereocenters. The number of hydrogen-bond donors (Lipinski definition) is 1. The summed E-state index contributed by atoms with van der Waals surface area (Å²) in [5.74, 6) is 0.331. The lowest BCUT2D eigenvalue weighted by atomic mass is 9.79. The number of rotatable bonds is 0. The number of amides is 1. The predicted octanol–water partition coefficient (Wildman–Crippen LogP) is 3.70. The van der Waals surface area contributed by atoms with Crippen molar-refractivity contribution in [2.45, 2.75) is 58.0 Å². The number of carboxylic acid groups (broad SMARTS) is 1. The number of hydrogen-bond acceptors (Lipinski definition) is 2. The van der Waals surface area contributed by atoms with Crippen molar-refractivity contribution < 1.29 is 9.90 Å². The Kier molecular flexibility index (Phi) is 3.16. The van der Waals surface area contributed by atoms with E-state index in [2.05, 4.69) is 43.9 Å². The van der Waals surface area contributed by atoms with Gasteiger partial charge in [-0.3, -0.25) is 0 Å². The van der Waals surface area contributed by atoms with Gasteiger partial charge in [0.25, 0.3) is 0 Å². The molecule has 3 aliphatic heterocycles. The van der Waals surface area contributed by atoms with Crippen molar-refractivity contribution in [2.75, 3.05) is 18.0 Å². The van der Waals surface area contributed by atoms with Gasteiger partial charge in [0, 0.05) is 36.8 Å². The lowest BCUT2D eigenvalue weighted by Crippen LogP contribution is -2.54. The lowest BCUT2D eigenvalue weighted by molar-refractivity contribution is 0.123. The highest BCUT2D eigenvalue weighted by atomic mass is 16.4. The fourth-order valence-electron chi connectivity index (χ4n) is 5.01. The SMILES string of the molecule is CC(C)(C)C1CCc2cccc3c2N1[C@H]1CCN(C(=O)O)C[C@@H]31. The molecule has 4 heteroatoms. The molecular formula is C19H26N2O2. The fourth-order valence-corrected chi connectivity index (χ4v) is 5.01. The van der Waals surface area contributed by atoms with E-state index in [9.17, 15) is 9.90 Å².